The van der Waals surface area contributed by atoms with Gasteiger partial charge in [0.2, 0.25) is 0 Å². The predicted molar refractivity (Wildman–Crippen MR) is 87.2 cm³/mol. The van der Waals surface area contributed by atoms with Crippen LogP contribution < -0.4 is 10.6 Å². The van der Waals surface area contributed by atoms with E-state index in [2.05, 4.69) is 10.6 Å². The molecular weight excluding hydrogens is 268 g/mol. The summed E-state index contributed by atoms with van der Waals surface area (Å²) >= 11 is 5.27. The Bertz CT molecular complexity index is 581. The Morgan fingerprint density at radius 3 is 2.50 bits per heavy atom. The van der Waals surface area contributed by atoms with E-state index in [1.807, 2.05) is 43.3 Å². The molecular formula is C16H18N2OS. The molecule has 0 spiro atoms. The van der Waals surface area contributed by atoms with Crippen LogP contribution in [0.25, 0.3) is 0 Å². The number of para-hydroxylation sites is 1. The van der Waals surface area contributed by atoms with Gasteiger partial charge in [0, 0.05) is 12.2 Å². The number of thiocarbonyl (C=S) groups is 1. The highest BCUT2D eigenvalue weighted by Gasteiger charge is 2.00. The van der Waals surface area contributed by atoms with Crippen molar-refractivity contribution >= 4 is 23.0 Å². The minimum absolute atomic E-state index is 0.290. The maximum absolute atomic E-state index is 9.21. The van der Waals surface area contributed by atoms with E-state index in [9.17, 15) is 5.11 Å². The van der Waals surface area contributed by atoms with E-state index in [-0.39, 0.29) is 0 Å². The number of aromatic hydroxyl groups is 1. The SMILES string of the molecule is Cc1ccccc1NC(=S)NCCc1ccc(O)cc1. The largest absolute Gasteiger partial charge is 0.508 e. The van der Waals surface area contributed by atoms with E-state index in [1.54, 1.807) is 12.1 Å². The van der Waals surface area contributed by atoms with Crippen molar-refractivity contribution in [2.24, 2.45) is 0 Å². The van der Waals surface area contributed by atoms with E-state index in [1.165, 1.54) is 0 Å². The van der Waals surface area contributed by atoms with Crippen LogP contribution in [0.2, 0.25) is 0 Å². The van der Waals surface area contributed by atoms with Gasteiger partial charge < -0.3 is 15.7 Å². The number of anilines is 1. The summed E-state index contributed by atoms with van der Waals surface area (Å²) in [6.45, 7) is 2.80. The van der Waals surface area contributed by atoms with Crippen molar-refractivity contribution in [2.45, 2.75) is 13.3 Å². The molecule has 0 saturated heterocycles. The van der Waals surface area contributed by atoms with Crippen molar-refractivity contribution in [3.05, 3.63) is 59.7 Å². The summed E-state index contributed by atoms with van der Waals surface area (Å²) in [4.78, 5) is 0. The number of benzene rings is 2. The van der Waals surface area contributed by atoms with Gasteiger partial charge in [-0.05, 0) is 54.9 Å². The predicted octanol–water partition coefficient (Wildman–Crippen LogP) is 3.23. The van der Waals surface area contributed by atoms with Crippen LogP contribution in [0.15, 0.2) is 48.5 Å². The Balaban J connectivity index is 1.78. The standard InChI is InChI=1S/C16H18N2OS/c1-12-4-2-3-5-15(12)18-16(20)17-11-10-13-6-8-14(19)9-7-13/h2-9,19H,10-11H2,1H3,(H2,17,18,20). The Hall–Kier alpha value is -2.07. The van der Waals surface area contributed by atoms with Gasteiger partial charge in [0.05, 0.1) is 0 Å². The highest BCUT2D eigenvalue weighted by molar-refractivity contribution is 7.80. The molecule has 0 aliphatic heterocycles. The summed E-state index contributed by atoms with van der Waals surface area (Å²) in [5.41, 5.74) is 3.35. The van der Waals surface area contributed by atoms with Crippen molar-refractivity contribution < 1.29 is 5.11 Å². The van der Waals surface area contributed by atoms with E-state index < -0.39 is 0 Å². The summed E-state index contributed by atoms with van der Waals surface area (Å²) in [6, 6.07) is 15.2. The molecule has 0 radical (unpaired) electrons. The van der Waals surface area contributed by atoms with Crippen LogP contribution >= 0.6 is 12.2 Å². The molecule has 0 saturated carbocycles. The minimum atomic E-state index is 0.290. The third-order valence-electron chi connectivity index (χ3n) is 3.03. The molecule has 0 unspecified atom stereocenters. The number of hydrogen-bond donors (Lipinski definition) is 3. The zero-order valence-corrected chi connectivity index (χ0v) is 12.2. The maximum Gasteiger partial charge on any atom is 0.170 e. The summed E-state index contributed by atoms with van der Waals surface area (Å²) in [5.74, 6) is 0.290. The lowest BCUT2D eigenvalue weighted by Gasteiger charge is -2.12. The van der Waals surface area contributed by atoms with Crippen molar-refractivity contribution in [3.63, 3.8) is 0 Å². The molecule has 104 valence electrons. The van der Waals surface area contributed by atoms with Crippen molar-refractivity contribution in [3.8, 4) is 5.75 Å². The molecule has 0 aliphatic rings. The van der Waals surface area contributed by atoms with Crippen LogP contribution in [0, 0.1) is 6.92 Å². The van der Waals surface area contributed by atoms with Crippen molar-refractivity contribution in [2.75, 3.05) is 11.9 Å². The van der Waals surface area contributed by atoms with Gasteiger partial charge in [0.1, 0.15) is 5.75 Å². The molecule has 0 aromatic heterocycles. The topological polar surface area (TPSA) is 44.3 Å². The first-order valence-electron chi connectivity index (χ1n) is 6.53. The Morgan fingerprint density at radius 1 is 1.10 bits per heavy atom. The summed E-state index contributed by atoms with van der Waals surface area (Å²) < 4.78 is 0. The lowest BCUT2D eigenvalue weighted by Crippen LogP contribution is -2.30. The number of phenolic OH excluding ortho intramolecular Hbond substituents is 1. The van der Waals surface area contributed by atoms with Crippen LogP contribution in [0.5, 0.6) is 5.75 Å². The van der Waals surface area contributed by atoms with Crippen LogP contribution in [-0.2, 0) is 6.42 Å². The summed E-state index contributed by atoms with van der Waals surface area (Å²) in [5, 5.41) is 16.2. The van der Waals surface area contributed by atoms with E-state index in [0.29, 0.717) is 10.9 Å². The molecule has 2 rings (SSSR count). The second-order valence-electron chi connectivity index (χ2n) is 4.61. The summed E-state index contributed by atoms with van der Waals surface area (Å²) in [7, 11) is 0. The van der Waals surface area contributed by atoms with Gasteiger partial charge in [-0.3, -0.25) is 0 Å². The molecule has 3 nitrogen and oxygen atoms in total. The van der Waals surface area contributed by atoms with Crippen LogP contribution in [-0.4, -0.2) is 16.8 Å². The van der Waals surface area contributed by atoms with Crippen molar-refractivity contribution in [1.29, 1.82) is 0 Å². The average Bonchev–Trinajstić information content (AvgIpc) is 2.44. The zero-order valence-electron chi connectivity index (χ0n) is 11.4. The lowest BCUT2D eigenvalue weighted by molar-refractivity contribution is 0.475. The fourth-order valence-electron chi connectivity index (χ4n) is 1.86. The third-order valence-corrected chi connectivity index (χ3v) is 3.28. The first-order chi connectivity index (χ1) is 9.65. The Labute approximate surface area is 124 Å². The highest BCUT2D eigenvalue weighted by atomic mass is 32.1. The molecule has 0 heterocycles. The van der Waals surface area contributed by atoms with E-state index in [4.69, 9.17) is 12.2 Å². The van der Waals surface area contributed by atoms with Crippen LogP contribution in [0.4, 0.5) is 5.69 Å². The fourth-order valence-corrected chi connectivity index (χ4v) is 2.07. The molecule has 20 heavy (non-hydrogen) atoms. The van der Waals surface area contributed by atoms with E-state index >= 15 is 0 Å². The van der Waals surface area contributed by atoms with Gasteiger partial charge >= 0.3 is 0 Å². The zero-order chi connectivity index (χ0) is 14.4. The highest BCUT2D eigenvalue weighted by Crippen LogP contribution is 2.13. The summed E-state index contributed by atoms with van der Waals surface area (Å²) in [6.07, 6.45) is 0.857. The average molecular weight is 286 g/mol. The number of phenols is 1. The monoisotopic (exact) mass is 286 g/mol. The van der Waals surface area contributed by atoms with Crippen LogP contribution in [0.1, 0.15) is 11.1 Å². The Morgan fingerprint density at radius 2 is 1.80 bits per heavy atom. The van der Waals surface area contributed by atoms with E-state index in [0.717, 1.165) is 29.8 Å². The second kappa shape index (κ2) is 6.91. The van der Waals surface area contributed by atoms with Gasteiger partial charge in [-0.1, -0.05) is 30.3 Å². The molecule has 0 aliphatic carbocycles. The van der Waals surface area contributed by atoms with Gasteiger partial charge in [0.25, 0.3) is 0 Å². The molecule has 3 N–H and O–H groups in total. The van der Waals surface area contributed by atoms with Crippen LogP contribution in [0.3, 0.4) is 0 Å². The van der Waals surface area contributed by atoms with Crippen molar-refractivity contribution in [1.82, 2.24) is 5.32 Å². The minimum Gasteiger partial charge on any atom is -0.508 e. The molecule has 4 heteroatoms. The molecule has 2 aromatic carbocycles. The van der Waals surface area contributed by atoms with Gasteiger partial charge in [-0.25, -0.2) is 0 Å². The smallest absolute Gasteiger partial charge is 0.170 e. The second-order valence-corrected chi connectivity index (χ2v) is 5.02. The third kappa shape index (κ3) is 4.24. The molecule has 2 aromatic rings. The molecule has 0 amide bonds. The molecule has 0 fully saturated rings. The normalized spacial score (nSPS) is 10.1. The van der Waals surface area contributed by atoms with Gasteiger partial charge in [-0.2, -0.15) is 0 Å². The first-order valence-corrected chi connectivity index (χ1v) is 6.94. The van der Waals surface area contributed by atoms with Gasteiger partial charge in [0.15, 0.2) is 5.11 Å². The molecule has 0 bridgehead atoms. The number of aryl methyl sites for hydroxylation is 1. The van der Waals surface area contributed by atoms with Gasteiger partial charge in [-0.15, -0.1) is 0 Å². The first kappa shape index (κ1) is 14.3. The Kier molecular flexibility index (Phi) is 4.96. The lowest BCUT2D eigenvalue weighted by atomic mass is 10.1. The number of rotatable bonds is 4. The number of hydrogen-bond acceptors (Lipinski definition) is 2. The fraction of sp³-hybridized carbons (Fsp3) is 0.188. The number of nitrogens with one attached hydrogen (secondary N) is 2. The quantitative estimate of drug-likeness (QED) is 0.755. The molecule has 0 atom stereocenters. The maximum atomic E-state index is 9.21.